The zero-order chi connectivity index (χ0) is 16.3. The number of rotatable bonds is 2. The Balaban J connectivity index is 1.91. The maximum Gasteiger partial charge on any atom is 0.410 e. The standard InChI is InChI=1S/C17H26N2O3/c1-12-10-15(21-14-7-5-6-13(18)11-14)8-9-19(12)16(20)22-17(2,3)4/h5-7,11-12,15H,8-10,18H2,1-4H3/t12-,15+/m0/s1. The van der Waals surface area contributed by atoms with Crippen LogP contribution in [0.15, 0.2) is 24.3 Å². The van der Waals surface area contributed by atoms with Crippen molar-refractivity contribution in [1.29, 1.82) is 0 Å². The molecule has 2 rings (SSSR count). The number of amides is 1. The van der Waals surface area contributed by atoms with Crippen LogP contribution in [0.3, 0.4) is 0 Å². The number of anilines is 1. The molecule has 0 bridgehead atoms. The highest BCUT2D eigenvalue weighted by molar-refractivity contribution is 5.68. The predicted octanol–water partition coefficient (Wildman–Crippen LogP) is 3.44. The SMILES string of the molecule is C[C@H]1C[C@H](Oc2cccc(N)c2)CCN1C(=O)OC(C)(C)C. The Hall–Kier alpha value is -1.91. The molecule has 5 nitrogen and oxygen atoms in total. The molecule has 1 aliphatic heterocycles. The number of piperidine rings is 1. The lowest BCUT2D eigenvalue weighted by molar-refractivity contribution is -0.00101. The molecule has 5 heteroatoms. The summed E-state index contributed by atoms with van der Waals surface area (Å²) in [4.78, 5) is 14.0. The average molecular weight is 306 g/mol. The van der Waals surface area contributed by atoms with E-state index in [0.717, 1.165) is 18.6 Å². The highest BCUT2D eigenvalue weighted by Gasteiger charge is 2.32. The summed E-state index contributed by atoms with van der Waals surface area (Å²) in [5.74, 6) is 0.780. The summed E-state index contributed by atoms with van der Waals surface area (Å²) < 4.78 is 11.4. The minimum atomic E-state index is -0.467. The van der Waals surface area contributed by atoms with Gasteiger partial charge in [-0.2, -0.15) is 0 Å². The van der Waals surface area contributed by atoms with Crippen LogP contribution in [0.25, 0.3) is 0 Å². The van der Waals surface area contributed by atoms with E-state index in [1.165, 1.54) is 0 Å². The van der Waals surface area contributed by atoms with Gasteiger partial charge in [-0.25, -0.2) is 4.79 Å². The molecule has 2 atom stereocenters. The molecule has 0 unspecified atom stereocenters. The molecule has 0 saturated carbocycles. The fraction of sp³-hybridized carbons (Fsp3) is 0.588. The minimum absolute atomic E-state index is 0.0923. The molecule has 1 heterocycles. The molecule has 1 saturated heterocycles. The van der Waals surface area contributed by atoms with Gasteiger partial charge in [0.2, 0.25) is 0 Å². The third-order valence-electron chi connectivity index (χ3n) is 3.62. The van der Waals surface area contributed by atoms with Gasteiger partial charge >= 0.3 is 6.09 Å². The van der Waals surface area contributed by atoms with E-state index in [-0.39, 0.29) is 18.2 Å². The van der Waals surface area contributed by atoms with Crippen molar-refractivity contribution in [2.45, 2.75) is 58.3 Å². The first-order chi connectivity index (χ1) is 10.2. The van der Waals surface area contributed by atoms with Crippen LogP contribution in [-0.2, 0) is 4.74 Å². The van der Waals surface area contributed by atoms with Crippen LogP contribution in [0.4, 0.5) is 10.5 Å². The Kier molecular flexibility index (Phi) is 4.84. The second-order valence-electron chi connectivity index (χ2n) is 6.86. The maximum atomic E-state index is 12.2. The lowest BCUT2D eigenvalue weighted by Crippen LogP contribution is -2.49. The van der Waals surface area contributed by atoms with E-state index in [2.05, 4.69) is 0 Å². The number of ether oxygens (including phenoxy) is 2. The number of nitrogens with zero attached hydrogens (tertiary/aromatic N) is 1. The fourth-order valence-corrected chi connectivity index (χ4v) is 2.61. The van der Waals surface area contributed by atoms with Crippen molar-refractivity contribution in [3.63, 3.8) is 0 Å². The van der Waals surface area contributed by atoms with Gasteiger partial charge in [0.1, 0.15) is 17.5 Å². The van der Waals surface area contributed by atoms with E-state index in [9.17, 15) is 4.79 Å². The van der Waals surface area contributed by atoms with Crippen molar-refractivity contribution in [2.24, 2.45) is 0 Å². The van der Waals surface area contributed by atoms with Gasteiger partial charge < -0.3 is 20.1 Å². The van der Waals surface area contributed by atoms with Gasteiger partial charge in [-0.1, -0.05) is 6.07 Å². The molecular weight excluding hydrogens is 280 g/mol. The van der Waals surface area contributed by atoms with E-state index in [1.807, 2.05) is 52.0 Å². The molecule has 0 radical (unpaired) electrons. The number of benzene rings is 1. The van der Waals surface area contributed by atoms with Crippen molar-refractivity contribution >= 4 is 11.8 Å². The Morgan fingerprint density at radius 1 is 1.36 bits per heavy atom. The van der Waals surface area contributed by atoms with Gasteiger partial charge in [0.25, 0.3) is 0 Å². The van der Waals surface area contributed by atoms with Crippen molar-refractivity contribution in [3.8, 4) is 5.75 Å². The number of hydrogen-bond acceptors (Lipinski definition) is 4. The summed E-state index contributed by atoms with van der Waals surface area (Å²) in [5.41, 5.74) is 5.99. The first-order valence-corrected chi connectivity index (χ1v) is 7.76. The highest BCUT2D eigenvalue weighted by atomic mass is 16.6. The summed E-state index contributed by atoms with van der Waals surface area (Å²) in [6.07, 6.45) is 1.42. The fourth-order valence-electron chi connectivity index (χ4n) is 2.61. The second kappa shape index (κ2) is 6.46. The van der Waals surface area contributed by atoms with Gasteiger partial charge in [0, 0.05) is 37.2 Å². The predicted molar refractivity (Wildman–Crippen MR) is 86.9 cm³/mol. The summed E-state index contributed by atoms with van der Waals surface area (Å²) in [6, 6.07) is 7.53. The second-order valence-corrected chi connectivity index (χ2v) is 6.86. The third-order valence-corrected chi connectivity index (χ3v) is 3.62. The van der Waals surface area contributed by atoms with Crippen molar-refractivity contribution < 1.29 is 14.3 Å². The monoisotopic (exact) mass is 306 g/mol. The van der Waals surface area contributed by atoms with E-state index in [1.54, 1.807) is 4.90 Å². The van der Waals surface area contributed by atoms with E-state index in [0.29, 0.717) is 12.2 Å². The van der Waals surface area contributed by atoms with Crippen LogP contribution >= 0.6 is 0 Å². The molecule has 1 aromatic rings. The minimum Gasteiger partial charge on any atom is -0.490 e. The zero-order valence-electron chi connectivity index (χ0n) is 13.8. The number of likely N-dealkylation sites (tertiary alicyclic amines) is 1. The van der Waals surface area contributed by atoms with E-state index < -0.39 is 5.60 Å². The van der Waals surface area contributed by atoms with E-state index in [4.69, 9.17) is 15.2 Å². The Labute approximate surface area is 132 Å². The van der Waals surface area contributed by atoms with Gasteiger partial charge in [-0.15, -0.1) is 0 Å². The smallest absolute Gasteiger partial charge is 0.410 e. The van der Waals surface area contributed by atoms with Crippen LogP contribution < -0.4 is 10.5 Å². The molecule has 0 aromatic heterocycles. The Morgan fingerprint density at radius 2 is 2.09 bits per heavy atom. The highest BCUT2D eigenvalue weighted by Crippen LogP contribution is 2.25. The van der Waals surface area contributed by atoms with Gasteiger partial charge in [0.05, 0.1) is 0 Å². The summed E-state index contributed by atoms with van der Waals surface area (Å²) >= 11 is 0. The number of nitrogens with two attached hydrogens (primary N) is 1. The van der Waals surface area contributed by atoms with Crippen LogP contribution in [-0.4, -0.2) is 35.3 Å². The number of carbonyl (C=O) groups excluding carboxylic acids is 1. The molecule has 2 N–H and O–H groups in total. The summed E-state index contributed by atoms with van der Waals surface area (Å²) in [6.45, 7) is 8.31. The summed E-state index contributed by atoms with van der Waals surface area (Å²) in [7, 11) is 0. The number of carbonyl (C=O) groups is 1. The third kappa shape index (κ3) is 4.55. The molecule has 22 heavy (non-hydrogen) atoms. The van der Waals surface area contributed by atoms with Gasteiger partial charge in [0.15, 0.2) is 0 Å². The number of nitrogen functional groups attached to an aromatic ring is 1. The molecule has 1 aliphatic rings. The van der Waals surface area contributed by atoms with Gasteiger partial charge in [-0.05, 0) is 39.8 Å². The maximum absolute atomic E-state index is 12.2. The van der Waals surface area contributed by atoms with Crippen molar-refractivity contribution in [3.05, 3.63) is 24.3 Å². The van der Waals surface area contributed by atoms with E-state index >= 15 is 0 Å². The molecule has 1 aromatic carbocycles. The van der Waals surface area contributed by atoms with Crippen LogP contribution in [0.2, 0.25) is 0 Å². The average Bonchev–Trinajstić information content (AvgIpc) is 2.36. The molecule has 1 amide bonds. The van der Waals surface area contributed by atoms with Crippen LogP contribution in [0.1, 0.15) is 40.5 Å². The zero-order valence-corrected chi connectivity index (χ0v) is 13.8. The molecule has 0 spiro atoms. The Bertz CT molecular complexity index is 525. The van der Waals surface area contributed by atoms with Gasteiger partial charge in [-0.3, -0.25) is 0 Å². The lowest BCUT2D eigenvalue weighted by atomic mass is 10.0. The quantitative estimate of drug-likeness (QED) is 0.850. The lowest BCUT2D eigenvalue weighted by Gasteiger charge is -2.38. The first kappa shape index (κ1) is 16.5. The van der Waals surface area contributed by atoms with Crippen molar-refractivity contribution in [2.75, 3.05) is 12.3 Å². The summed E-state index contributed by atoms with van der Waals surface area (Å²) in [5, 5.41) is 0. The first-order valence-electron chi connectivity index (χ1n) is 7.76. The molecule has 122 valence electrons. The molecule has 0 aliphatic carbocycles. The normalized spacial score (nSPS) is 22.3. The van der Waals surface area contributed by atoms with Crippen molar-refractivity contribution in [1.82, 2.24) is 4.90 Å². The molecular formula is C17H26N2O3. The number of hydrogen-bond donors (Lipinski definition) is 1. The largest absolute Gasteiger partial charge is 0.490 e. The van der Waals surface area contributed by atoms with Crippen LogP contribution in [0.5, 0.6) is 5.75 Å². The van der Waals surface area contributed by atoms with Crippen LogP contribution in [0, 0.1) is 0 Å². The Morgan fingerprint density at radius 3 is 2.68 bits per heavy atom. The topological polar surface area (TPSA) is 64.8 Å². The molecule has 1 fully saturated rings.